The highest BCUT2D eigenvalue weighted by Gasteiger charge is 2.48. The van der Waals surface area contributed by atoms with Gasteiger partial charge in [0.1, 0.15) is 5.71 Å². The van der Waals surface area contributed by atoms with Gasteiger partial charge in [-0.05, 0) is 68.0 Å². The number of carbonyl (C=O) groups is 1. The third kappa shape index (κ3) is 2.97. The lowest BCUT2D eigenvalue weighted by molar-refractivity contribution is -0.113. The lowest BCUT2D eigenvalue weighted by Crippen LogP contribution is -2.50. The molecule has 0 saturated heterocycles. The Morgan fingerprint density at radius 2 is 1.81 bits per heavy atom. The fourth-order valence-corrected chi connectivity index (χ4v) is 4.94. The number of rotatable bonds is 2. The molecule has 0 N–H and O–H groups in total. The Bertz CT molecular complexity index is 974. The van der Waals surface area contributed by atoms with Crippen LogP contribution < -0.4 is 4.90 Å². The van der Waals surface area contributed by atoms with E-state index in [-0.39, 0.29) is 11.4 Å². The van der Waals surface area contributed by atoms with E-state index in [0.717, 1.165) is 24.1 Å². The Kier molecular flexibility index (Phi) is 4.36. The van der Waals surface area contributed by atoms with Gasteiger partial charge in [0.25, 0.3) is 5.91 Å². The molecule has 0 fully saturated rings. The lowest BCUT2D eigenvalue weighted by Gasteiger charge is -2.43. The minimum atomic E-state index is -0.255. The molecule has 5 heteroatoms. The van der Waals surface area contributed by atoms with Crippen LogP contribution in [0.5, 0.6) is 0 Å². The van der Waals surface area contributed by atoms with E-state index >= 15 is 0 Å². The number of anilines is 1. The minimum Gasteiger partial charge on any atom is -0.300 e. The van der Waals surface area contributed by atoms with Crippen molar-refractivity contribution in [2.45, 2.75) is 52.0 Å². The van der Waals surface area contributed by atoms with Crippen LogP contribution in [0.1, 0.15) is 56.7 Å². The van der Waals surface area contributed by atoms with E-state index in [9.17, 15) is 4.79 Å². The smallest absolute Gasteiger partial charge is 0.278 e. The summed E-state index contributed by atoms with van der Waals surface area (Å²) in [5.41, 5.74) is 5.22. The topological polar surface area (TPSA) is 32.7 Å². The predicted molar refractivity (Wildman–Crippen MR) is 113 cm³/mol. The van der Waals surface area contributed by atoms with E-state index in [4.69, 9.17) is 28.2 Å². The van der Waals surface area contributed by atoms with Crippen molar-refractivity contribution in [3.05, 3.63) is 57.1 Å². The Balaban J connectivity index is 1.98. The van der Waals surface area contributed by atoms with Crippen LogP contribution in [0, 0.1) is 0 Å². The standard InChI is InChI=1S/C22H22Cl2N2O/c1-5-13-6-17-12(2)11-22(3,4)26-20(17)18(7-13)19(21(26)27)25-16-9-14(23)8-15(24)10-16/h6-10,12H,5,11H2,1-4H3/t12-/m0/s1. The molecule has 2 heterocycles. The number of amides is 1. The molecular weight excluding hydrogens is 379 g/mol. The number of hydrogen-bond donors (Lipinski definition) is 0. The average Bonchev–Trinajstić information content (AvgIpc) is 2.84. The monoisotopic (exact) mass is 400 g/mol. The number of aryl methyl sites for hydroxylation is 1. The Hall–Kier alpha value is -1.84. The van der Waals surface area contributed by atoms with Crippen molar-refractivity contribution in [3.8, 4) is 0 Å². The van der Waals surface area contributed by atoms with Crippen LogP contribution in [0.25, 0.3) is 0 Å². The van der Waals surface area contributed by atoms with E-state index in [1.807, 2.05) is 4.90 Å². The molecule has 0 spiro atoms. The largest absolute Gasteiger partial charge is 0.300 e. The van der Waals surface area contributed by atoms with Crippen molar-refractivity contribution >= 4 is 46.2 Å². The third-order valence-corrected chi connectivity index (χ3v) is 5.96. The van der Waals surface area contributed by atoms with Crippen LogP contribution in [-0.2, 0) is 11.2 Å². The fraction of sp³-hybridized carbons (Fsp3) is 0.364. The molecular formula is C22H22Cl2N2O. The normalized spacial score (nSPS) is 21.7. The first kappa shape index (κ1) is 18.5. The van der Waals surface area contributed by atoms with Gasteiger partial charge in [0.2, 0.25) is 0 Å². The number of aliphatic imine (C=N–C) groups is 1. The summed E-state index contributed by atoms with van der Waals surface area (Å²) in [5, 5.41) is 1.01. The maximum Gasteiger partial charge on any atom is 0.278 e. The Labute approximate surface area is 170 Å². The van der Waals surface area contributed by atoms with Crippen LogP contribution in [0.4, 0.5) is 11.4 Å². The van der Waals surface area contributed by atoms with Gasteiger partial charge in [-0.2, -0.15) is 0 Å². The van der Waals surface area contributed by atoms with E-state index in [0.29, 0.717) is 27.4 Å². The molecule has 2 aliphatic rings. The highest BCUT2D eigenvalue weighted by molar-refractivity contribution is 6.55. The number of halogens is 2. The molecule has 2 aliphatic heterocycles. The van der Waals surface area contributed by atoms with Gasteiger partial charge in [0.05, 0.1) is 11.4 Å². The summed E-state index contributed by atoms with van der Waals surface area (Å²) in [5.74, 6) is 0.344. The third-order valence-electron chi connectivity index (χ3n) is 5.52. The number of hydrogen-bond acceptors (Lipinski definition) is 2. The SMILES string of the molecule is CCc1cc2c3c(c1)[C@@H](C)CC(C)(C)N3C(=O)C2=Nc1cc(Cl)cc(Cl)c1. The summed E-state index contributed by atoms with van der Waals surface area (Å²) in [6, 6.07) is 9.48. The predicted octanol–water partition coefficient (Wildman–Crippen LogP) is 6.31. The van der Waals surface area contributed by atoms with Crippen LogP contribution in [-0.4, -0.2) is 17.2 Å². The average molecular weight is 401 g/mol. The van der Waals surface area contributed by atoms with Crippen molar-refractivity contribution in [2.75, 3.05) is 4.90 Å². The molecule has 0 radical (unpaired) electrons. The van der Waals surface area contributed by atoms with Gasteiger partial charge in [-0.1, -0.05) is 43.1 Å². The summed E-state index contributed by atoms with van der Waals surface area (Å²) in [4.78, 5) is 20.0. The Morgan fingerprint density at radius 3 is 2.44 bits per heavy atom. The summed E-state index contributed by atoms with van der Waals surface area (Å²) < 4.78 is 0. The van der Waals surface area contributed by atoms with Gasteiger partial charge in [0.15, 0.2) is 0 Å². The Morgan fingerprint density at radius 1 is 1.15 bits per heavy atom. The molecule has 1 amide bonds. The lowest BCUT2D eigenvalue weighted by atomic mass is 9.79. The molecule has 1 atom stereocenters. The van der Waals surface area contributed by atoms with Crippen LogP contribution in [0.3, 0.4) is 0 Å². The molecule has 0 aromatic heterocycles. The fourth-order valence-electron chi connectivity index (χ4n) is 4.42. The molecule has 0 unspecified atom stereocenters. The van der Waals surface area contributed by atoms with Crippen LogP contribution >= 0.6 is 23.2 Å². The van der Waals surface area contributed by atoms with E-state index in [1.165, 1.54) is 11.1 Å². The zero-order chi connectivity index (χ0) is 19.5. The van der Waals surface area contributed by atoms with Crippen molar-refractivity contribution in [2.24, 2.45) is 4.99 Å². The maximum absolute atomic E-state index is 13.4. The second kappa shape index (κ2) is 6.35. The molecule has 0 aliphatic carbocycles. The van der Waals surface area contributed by atoms with Gasteiger partial charge in [-0.25, -0.2) is 4.99 Å². The van der Waals surface area contributed by atoms with Gasteiger partial charge in [-0.15, -0.1) is 0 Å². The zero-order valence-corrected chi connectivity index (χ0v) is 17.4. The zero-order valence-electron chi connectivity index (χ0n) is 15.9. The van der Waals surface area contributed by atoms with Crippen molar-refractivity contribution in [3.63, 3.8) is 0 Å². The molecule has 4 rings (SSSR count). The van der Waals surface area contributed by atoms with Gasteiger partial charge >= 0.3 is 0 Å². The second-order valence-electron chi connectivity index (χ2n) is 8.08. The number of carbonyl (C=O) groups excluding carboxylic acids is 1. The summed E-state index contributed by atoms with van der Waals surface area (Å²) in [7, 11) is 0. The van der Waals surface area contributed by atoms with Gasteiger partial charge in [-0.3, -0.25) is 4.79 Å². The first-order chi connectivity index (χ1) is 12.7. The first-order valence-corrected chi connectivity index (χ1v) is 10.0. The molecule has 0 saturated carbocycles. The minimum absolute atomic E-state index is 0.0486. The van der Waals surface area contributed by atoms with Crippen molar-refractivity contribution in [1.29, 1.82) is 0 Å². The van der Waals surface area contributed by atoms with Crippen molar-refractivity contribution in [1.82, 2.24) is 0 Å². The quantitative estimate of drug-likeness (QED) is 0.581. The van der Waals surface area contributed by atoms with Crippen LogP contribution in [0.2, 0.25) is 10.0 Å². The highest BCUT2D eigenvalue weighted by Crippen LogP contribution is 2.49. The summed E-state index contributed by atoms with van der Waals surface area (Å²) >= 11 is 12.3. The van der Waals surface area contributed by atoms with Gasteiger partial charge < -0.3 is 4.90 Å². The van der Waals surface area contributed by atoms with Crippen LogP contribution in [0.15, 0.2) is 35.3 Å². The number of benzene rings is 2. The summed E-state index contributed by atoms with van der Waals surface area (Å²) in [6.07, 6.45) is 1.84. The maximum atomic E-state index is 13.4. The first-order valence-electron chi connectivity index (χ1n) is 9.28. The number of nitrogens with zero attached hydrogens (tertiary/aromatic N) is 2. The van der Waals surface area contributed by atoms with Gasteiger partial charge in [0, 0.05) is 21.1 Å². The molecule has 27 heavy (non-hydrogen) atoms. The molecule has 0 bridgehead atoms. The summed E-state index contributed by atoms with van der Waals surface area (Å²) in [6.45, 7) is 8.63. The highest BCUT2D eigenvalue weighted by atomic mass is 35.5. The molecule has 140 valence electrons. The van der Waals surface area contributed by atoms with E-state index in [1.54, 1.807) is 18.2 Å². The molecule has 3 nitrogen and oxygen atoms in total. The molecule has 2 aromatic rings. The molecule has 2 aromatic carbocycles. The van der Waals surface area contributed by atoms with E-state index < -0.39 is 0 Å². The van der Waals surface area contributed by atoms with E-state index in [2.05, 4.69) is 39.8 Å². The second-order valence-corrected chi connectivity index (χ2v) is 8.95. The van der Waals surface area contributed by atoms with Crippen molar-refractivity contribution < 1.29 is 4.79 Å².